The number of carbonyl (C=O) groups is 2. The molecule has 0 N–H and O–H groups in total. The van der Waals surface area contributed by atoms with Gasteiger partial charge in [0, 0.05) is 11.1 Å². The van der Waals surface area contributed by atoms with Crippen LogP contribution in [0.2, 0.25) is 0 Å². The summed E-state index contributed by atoms with van der Waals surface area (Å²) in [4.78, 5) is 26.2. The van der Waals surface area contributed by atoms with Gasteiger partial charge in [0.2, 0.25) is 5.78 Å². The second kappa shape index (κ2) is 11.2. The van der Waals surface area contributed by atoms with E-state index in [0.717, 1.165) is 11.1 Å². The Bertz CT molecular complexity index is 1280. The lowest BCUT2D eigenvalue weighted by molar-refractivity contribution is 0.0280. The van der Waals surface area contributed by atoms with E-state index in [9.17, 15) is 9.59 Å². The maximum absolute atomic E-state index is 13.2. The summed E-state index contributed by atoms with van der Waals surface area (Å²) in [5.41, 5.74) is 3.38. The molecule has 4 rings (SSSR count). The zero-order valence-electron chi connectivity index (χ0n) is 19.6. The number of para-hydroxylation sites is 2. The molecule has 0 fully saturated rings. The van der Waals surface area contributed by atoms with Gasteiger partial charge in [-0.2, -0.15) is 0 Å². The Labute approximate surface area is 204 Å². The number of methoxy groups -OCH3 is 1. The van der Waals surface area contributed by atoms with Gasteiger partial charge in [-0.05, 0) is 36.8 Å². The molecule has 0 saturated heterocycles. The van der Waals surface area contributed by atoms with Crippen LogP contribution in [0.25, 0.3) is 0 Å². The van der Waals surface area contributed by atoms with Crippen LogP contribution in [0.1, 0.15) is 43.5 Å². The van der Waals surface area contributed by atoms with E-state index >= 15 is 0 Å². The van der Waals surface area contributed by atoms with Crippen molar-refractivity contribution in [3.05, 3.63) is 131 Å². The minimum Gasteiger partial charge on any atom is -0.493 e. The molecule has 4 aromatic rings. The molecule has 0 aromatic heterocycles. The summed E-state index contributed by atoms with van der Waals surface area (Å²) >= 11 is 0. The predicted molar refractivity (Wildman–Crippen MR) is 134 cm³/mol. The molecule has 0 bridgehead atoms. The molecule has 1 atom stereocenters. The Morgan fingerprint density at radius 3 is 1.97 bits per heavy atom. The standard InChI is InChI=1S/C30H26O5/c1-21-12-16-23(17-13-21)28(31)29(24-8-4-3-5-9-24)35-30(32)25-18-14-22(15-19-25)20-34-27-11-7-6-10-26(27)33-2/h3-19,29H,20H2,1-2H3/t29-/m0/s1. The summed E-state index contributed by atoms with van der Waals surface area (Å²) in [6.45, 7) is 2.27. The summed E-state index contributed by atoms with van der Waals surface area (Å²) in [6.07, 6.45) is -1.04. The van der Waals surface area contributed by atoms with Gasteiger partial charge in [-0.3, -0.25) is 4.79 Å². The lowest BCUT2D eigenvalue weighted by atomic mass is 9.99. The van der Waals surface area contributed by atoms with Crippen molar-refractivity contribution in [1.82, 2.24) is 0 Å². The van der Waals surface area contributed by atoms with Crippen molar-refractivity contribution in [2.75, 3.05) is 7.11 Å². The molecule has 0 radical (unpaired) electrons. The van der Waals surface area contributed by atoms with Gasteiger partial charge in [0.05, 0.1) is 12.7 Å². The Balaban J connectivity index is 1.47. The molecule has 5 heteroatoms. The van der Waals surface area contributed by atoms with E-state index in [1.807, 2.05) is 61.5 Å². The first kappa shape index (κ1) is 23.8. The molecular formula is C30H26O5. The molecule has 0 heterocycles. The van der Waals surface area contributed by atoms with Crippen molar-refractivity contribution < 1.29 is 23.8 Å². The van der Waals surface area contributed by atoms with Crippen molar-refractivity contribution in [1.29, 1.82) is 0 Å². The summed E-state index contributed by atoms with van der Waals surface area (Å²) in [6, 6.07) is 30.6. The highest BCUT2D eigenvalue weighted by molar-refractivity contribution is 6.02. The molecule has 0 aliphatic carbocycles. The molecule has 4 aromatic carbocycles. The number of esters is 1. The van der Waals surface area contributed by atoms with Gasteiger partial charge in [-0.15, -0.1) is 0 Å². The molecule has 5 nitrogen and oxygen atoms in total. The van der Waals surface area contributed by atoms with E-state index in [2.05, 4.69) is 0 Å². The van der Waals surface area contributed by atoms with E-state index in [0.29, 0.717) is 34.8 Å². The van der Waals surface area contributed by atoms with Crippen molar-refractivity contribution >= 4 is 11.8 Å². The summed E-state index contributed by atoms with van der Waals surface area (Å²) in [5.74, 6) is 0.444. The molecule has 0 aliphatic heterocycles. The molecule has 35 heavy (non-hydrogen) atoms. The number of carbonyl (C=O) groups excluding carboxylic acids is 2. The van der Waals surface area contributed by atoms with Gasteiger partial charge in [0.15, 0.2) is 17.6 Å². The third kappa shape index (κ3) is 5.95. The third-order valence-corrected chi connectivity index (χ3v) is 5.55. The summed E-state index contributed by atoms with van der Waals surface area (Å²) in [5, 5.41) is 0. The Morgan fingerprint density at radius 1 is 0.714 bits per heavy atom. The van der Waals surface area contributed by atoms with Crippen molar-refractivity contribution in [2.45, 2.75) is 19.6 Å². The van der Waals surface area contributed by atoms with Crippen LogP contribution in [0.4, 0.5) is 0 Å². The van der Waals surface area contributed by atoms with Gasteiger partial charge in [-0.1, -0.05) is 84.4 Å². The highest BCUT2D eigenvalue weighted by Gasteiger charge is 2.26. The lowest BCUT2D eigenvalue weighted by Gasteiger charge is -2.18. The van der Waals surface area contributed by atoms with Crippen LogP contribution < -0.4 is 9.47 Å². The summed E-state index contributed by atoms with van der Waals surface area (Å²) in [7, 11) is 1.59. The fourth-order valence-corrected chi connectivity index (χ4v) is 3.58. The Morgan fingerprint density at radius 2 is 1.31 bits per heavy atom. The second-order valence-corrected chi connectivity index (χ2v) is 8.06. The highest BCUT2D eigenvalue weighted by atomic mass is 16.5. The maximum Gasteiger partial charge on any atom is 0.339 e. The zero-order valence-corrected chi connectivity index (χ0v) is 19.6. The molecular weight excluding hydrogens is 440 g/mol. The first-order valence-corrected chi connectivity index (χ1v) is 11.3. The highest BCUT2D eigenvalue weighted by Crippen LogP contribution is 2.27. The van der Waals surface area contributed by atoms with Gasteiger partial charge < -0.3 is 14.2 Å². The van der Waals surface area contributed by atoms with Crippen molar-refractivity contribution in [3.8, 4) is 11.5 Å². The van der Waals surface area contributed by atoms with E-state index in [1.165, 1.54) is 0 Å². The number of Topliss-reactive ketones (excluding diaryl/α,β-unsaturated/α-hetero) is 1. The van der Waals surface area contributed by atoms with Crippen molar-refractivity contribution in [2.24, 2.45) is 0 Å². The molecule has 0 unspecified atom stereocenters. The topological polar surface area (TPSA) is 61.8 Å². The maximum atomic E-state index is 13.2. The van der Waals surface area contributed by atoms with Crippen LogP contribution in [-0.4, -0.2) is 18.9 Å². The van der Waals surface area contributed by atoms with Crippen LogP contribution in [0, 0.1) is 6.92 Å². The van der Waals surface area contributed by atoms with E-state index in [-0.39, 0.29) is 5.78 Å². The van der Waals surface area contributed by atoms with E-state index in [1.54, 1.807) is 55.6 Å². The number of benzene rings is 4. The molecule has 0 aliphatic rings. The average Bonchev–Trinajstić information content (AvgIpc) is 2.91. The molecule has 176 valence electrons. The Hall–Kier alpha value is -4.38. The SMILES string of the molecule is COc1ccccc1OCc1ccc(C(=O)O[C@H](C(=O)c2ccc(C)cc2)c2ccccc2)cc1. The monoisotopic (exact) mass is 466 g/mol. The fourth-order valence-electron chi connectivity index (χ4n) is 3.58. The number of ether oxygens (including phenoxy) is 3. The second-order valence-electron chi connectivity index (χ2n) is 8.06. The van der Waals surface area contributed by atoms with Crippen LogP contribution in [-0.2, 0) is 11.3 Å². The van der Waals surface area contributed by atoms with Crippen LogP contribution in [0.5, 0.6) is 11.5 Å². The average molecular weight is 467 g/mol. The van der Waals surface area contributed by atoms with Crippen molar-refractivity contribution in [3.63, 3.8) is 0 Å². The minimum atomic E-state index is -1.04. The van der Waals surface area contributed by atoms with Gasteiger partial charge in [-0.25, -0.2) is 4.79 Å². The number of hydrogen-bond donors (Lipinski definition) is 0. The minimum absolute atomic E-state index is 0.272. The van der Waals surface area contributed by atoms with Crippen LogP contribution in [0.3, 0.4) is 0 Å². The number of aryl methyl sites for hydroxylation is 1. The first-order valence-electron chi connectivity index (χ1n) is 11.3. The fraction of sp³-hybridized carbons (Fsp3) is 0.133. The molecule has 0 amide bonds. The van der Waals surface area contributed by atoms with E-state index in [4.69, 9.17) is 14.2 Å². The zero-order chi connectivity index (χ0) is 24.6. The number of rotatable bonds is 9. The first-order chi connectivity index (χ1) is 17.0. The van der Waals surface area contributed by atoms with Gasteiger partial charge >= 0.3 is 5.97 Å². The number of ketones is 1. The predicted octanol–water partition coefficient (Wildman–Crippen LogP) is 6.36. The largest absolute Gasteiger partial charge is 0.493 e. The normalized spacial score (nSPS) is 11.4. The smallest absolute Gasteiger partial charge is 0.339 e. The Kier molecular flexibility index (Phi) is 7.58. The van der Waals surface area contributed by atoms with Gasteiger partial charge in [0.25, 0.3) is 0 Å². The molecule has 0 spiro atoms. The lowest BCUT2D eigenvalue weighted by Crippen LogP contribution is -2.20. The molecule has 0 saturated carbocycles. The van der Waals surface area contributed by atoms with Crippen LogP contribution in [0.15, 0.2) is 103 Å². The van der Waals surface area contributed by atoms with E-state index < -0.39 is 12.1 Å². The third-order valence-electron chi connectivity index (χ3n) is 5.55. The summed E-state index contributed by atoms with van der Waals surface area (Å²) < 4.78 is 16.9. The number of hydrogen-bond acceptors (Lipinski definition) is 5. The van der Waals surface area contributed by atoms with Crippen LogP contribution >= 0.6 is 0 Å². The quantitative estimate of drug-likeness (QED) is 0.212. The van der Waals surface area contributed by atoms with Gasteiger partial charge in [0.1, 0.15) is 6.61 Å².